The molecule has 0 bridgehead atoms. The first-order chi connectivity index (χ1) is 12.9. The zero-order chi connectivity index (χ0) is 20.0. The van der Waals surface area contributed by atoms with Crippen molar-refractivity contribution in [3.05, 3.63) is 40.7 Å². The number of methoxy groups -OCH3 is 1. The van der Waals surface area contributed by atoms with Crippen molar-refractivity contribution < 1.29 is 23.8 Å². The number of amides is 1. The second kappa shape index (κ2) is 9.18. The highest BCUT2D eigenvalue weighted by Crippen LogP contribution is 2.21. The minimum atomic E-state index is -0.592. The number of nitrogens with zero attached hydrogens (tertiary/aromatic N) is 2. The zero-order valence-electron chi connectivity index (χ0n) is 16.3. The number of anilines is 1. The summed E-state index contributed by atoms with van der Waals surface area (Å²) in [5.74, 6) is -0.393. The lowest BCUT2D eigenvalue weighted by atomic mass is 10.1. The van der Waals surface area contributed by atoms with Crippen LogP contribution in [0.15, 0.2) is 18.2 Å². The second-order valence-corrected chi connectivity index (χ2v) is 5.96. The third kappa shape index (κ3) is 5.07. The minimum Gasteiger partial charge on any atom is -0.496 e. The number of carbonyl (C=O) groups is 2. The molecule has 0 radical (unpaired) electrons. The van der Waals surface area contributed by atoms with Crippen LogP contribution in [0.1, 0.15) is 34.2 Å². The molecular weight excluding hydrogens is 350 g/mol. The number of aryl methyl sites for hydroxylation is 2. The Bertz CT molecular complexity index is 829. The molecule has 0 fully saturated rings. The summed E-state index contributed by atoms with van der Waals surface area (Å²) in [6, 6.07) is 4.90. The molecular formula is C19H25N3O5. The lowest BCUT2D eigenvalue weighted by Gasteiger charge is -2.11. The van der Waals surface area contributed by atoms with Crippen LogP contribution in [0.4, 0.5) is 5.69 Å². The number of nitrogens with one attached hydrogen (secondary N) is 1. The van der Waals surface area contributed by atoms with E-state index in [1.165, 1.54) is 0 Å². The van der Waals surface area contributed by atoms with Crippen molar-refractivity contribution in [3.63, 3.8) is 0 Å². The largest absolute Gasteiger partial charge is 0.496 e. The van der Waals surface area contributed by atoms with Gasteiger partial charge in [-0.3, -0.25) is 9.48 Å². The Morgan fingerprint density at radius 3 is 2.59 bits per heavy atom. The molecule has 2 aromatic rings. The van der Waals surface area contributed by atoms with Crippen molar-refractivity contribution in [1.82, 2.24) is 9.78 Å². The van der Waals surface area contributed by atoms with Crippen molar-refractivity contribution in [1.29, 1.82) is 0 Å². The van der Waals surface area contributed by atoms with Crippen LogP contribution in [0.25, 0.3) is 0 Å². The van der Waals surface area contributed by atoms with Gasteiger partial charge in [0.25, 0.3) is 5.91 Å². The summed E-state index contributed by atoms with van der Waals surface area (Å²) in [5.41, 5.74) is 3.21. The predicted molar refractivity (Wildman–Crippen MR) is 99.9 cm³/mol. The Hall–Kier alpha value is -2.87. The van der Waals surface area contributed by atoms with Crippen molar-refractivity contribution >= 4 is 17.6 Å². The highest BCUT2D eigenvalue weighted by molar-refractivity contribution is 5.96. The molecule has 8 heteroatoms. The van der Waals surface area contributed by atoms with Gasteiger partial charge in [-0.2, -0.15) is 5.10 Å². The van der Waals surface area contributed by atoms with E-state index in [2.05, 4.69) is 10.4 Å². The van der Waals surface area contributed by atoms with Crippen LogP contribution >= 0.6 is 0 Å². The fraction of sp³-hybridized carbons (Fsp3) is 0.421. The fourth-order valence-electron chi connectivity index (χ4n) is 2.57. The van der Waals surface area contributed by atoms with Gasteiger partial charge in [0, 0.05) is 19.2 Å². The highest BCUT2D eigenvalue weighted by atomic mass is 16.5. The van der Waals surface area contributed by atoms with E-state index >= 15 is 0 Å². The third-order valence-electron chi connectivity index (χ3n) is 4.09. The lowest BCUT2D eigenvalue weighted by molar-refractivity contribution is -0.119. The standard InChI is InChI=1S/C19H25N3O5/c1-6-26-10-15-9-14(7-8-16(15)25-5)19(24)27-11-17(23)20-18-12(2)21-22(4)13(18)3/h7-9H,6,10-11H2,1-5H3,(H,20,23). The monoisotopic (exact) mass is 375 g/mol. The van der Waals surface area contributed by atoms with Crippen LogP contribution < -0.4 is 10.1 Å². The van der Waals surface area contributed by atoms with Crippen LogP contribution in [0.2, 0.25) is 0 Å². The van der Waals surface area contributed by atoms with E-state index in [1.807, 2.05) is 13.8 Å². The van der Waals surface area contributed by atoms with Crippen LogP contribution in [0, 0.1) is 13.8 Å². The molecule has 1 aromatic heterocycles. The number of hydrogen-bond acceptors (Lipinski definition) is 6. The first-order valence-electron chi connectivity index (χ1n) is 8.59. The first-order valence-corrected chi connectivity index (χ1v) is 8.59. The first kappa shape index (κ1) is 20.4. The molecule has 0 aliphatic rings. The second-order valence-electron chi connectivity index (χ2n) is 5.96. The Labute approximate surface area is 158 Å². The van der Waals surface area contributed by atoms with Gasteiger partial charge in [-0.25, -0.2) is 4.79 Å². The third-order valence-corrected chi connectivity index (χ3v) is 4.09. The van der Waals surface area contributed by atoms with Gasteiger partial charge < -0.3 is 19.5 Å². The van der Waals surface area contributed by atoms with E-state index in [0.717, 1.165) is 11.3 Å². The normalized spacial score (nSPS) is 10.6. The summed E-state index contributed by atoms with van der Waals surface area (Å²) in [6.07, 6.45) is 0. The Morgan fingerprint density at radius 1 is 1.26 bits per heavy atom. The number of rotatable bonds is 8. The quantitative estimate of drug-likeness (QED) is 0.712. The van der Waals surface area contributed by atoms with Crippen LogP contribution in [-0.4, -0.2) is 42.0 Å². The molecule has 0 spiro atoms. The highest BCUT2D eigenvalue weighted by Gasteiger charge is 2.16. The lowest BCUT2D eigenvalue weighted by Crippen LogP contribution is -2.21. The van der Waals surface area contributed by atoms with Gasteiger partial charge in [0.15, 0.2) is 6.61 Å². The van der Waals surface area contributed by atoms with Crippen molar-refractivity contribution in [2.45, 2.75) is 27.4 Å². The van der Waals surface area contributed by atoms with Gasteiger partial charge in [-0.1, -0.05) is 0 Å². The number of benzene rings is 1. The van der Waals surface area contributed by atoms with E-state index in [1.54, 1.807) is 44.0 Å². The number of ether oxygens (including phenoxy) is 3. The van der Waals surface area contributed by atoms with Crippen LogP contribution in [0.5, 0.6) is 5.75 Å². The summed E-state index contributed by atoms with van der Waals surface area (Å²) in [5, 5.41) is 6.95. The number of esters is 1. The van der Waals surface area contributed by atoms with Crippen LogP contribution in [-0.2, 0) is 27.9 Å². The van der Waals surface area contributed by atoms with Crippen LogP contribution in [0.3, 0.4) is 0 Å². The predicted octanol–water partition coefficient (Wildman–Crippen LogP) is 2.38. The summed E-state index contributed by atoms with van der Waals surface area (Å²) in [4.78, 5) is 24.4. The average molecular weight is 375 g/mol. The summed E-state index contributed by atoms with van der Waals surface area (Å²) in [7, 11) is 3.34. The molecule has 27 heavy (non-hydrogen) atoms. The molecule has 1 heterocycles. The Kier molecular flexibility index (Phi) is 6.95. The minimum absolute atomic E-state index is 0.320. The Morgan fingerprint density at radius 2 is 2.00 bits per heavy atom. The molecule has 0 saturated carbocycles. The maximum absolute atomic E-state index is 12.3. The maximum Gasteiger partial charge on any atom is 0.338 e. The average Bonchev–Trinajstić information content (AvgIpc) is 2.90. The topological polar surface area (TPSA) is 91.7 Å². The molecule has 0 unspecified atom stereocenters. The smallest absolute Gasteiger partial charge is 0.338 e. The number of aromatic nitrogens is 2. The van der Waals surface area contributed by atoms with E-state index in [9.17, 15) is 9.59 Å². The van der Waals surface area contributed by atoms with Gasteiger partial charge in [-0.15, -0.1) is 0 Å². The van der Waals surface area contributed by atoms with Gasteiger partial charge >= 0.3 is 5.97 Å². The van der Waals surface area contributed by atoms with Gasteiger partial charge in [0.05, 0.1) is 36.4 Å². The van der Waals surface area contributed by atoms with E-state index < -0.39 is 11.9 Å². The Balaban J connectivity index is 1.99. The zero-order valence-corrected chi connectivity index (χ0v) is 16.3. The summed E-state index contributed by atoms with van der Waals surface area (Å²) >= 11 is 0. The fourth-order valence-corrected chi connectivity index (χ4v) is 2.57. The van der Waals surface area contributed by atoms with Gasteiger partial charge in [0.2, 0.25) is 0 Å². The maximum atomic E-state index is 12.3. The SMILES string of the molecule is CCOCc1cc(C(=O)OCC(=O)Nc2c(C)nn(C)c2C)ccc1OC. The van der Waals surface area contributed by atoms with E-state index in [0.29, 0.717) is 35.9 Å². The molecule has 0 aliphatic carbocycles. The molecule has 0 atom stereocenters. The molecule has 8 nitrogen and oxygen atoms in total. The van der Waals surface area contributed by atoms with Crippen molar-refractivity contribution in [2.24, 2.45) is 7.05 Å². The molecule has 1 N–H and O–H groups in total. The molecule has 146 valence electrons. The van der Waals surface area contributed by atoms with E-state index in [4.69, 9.17) is 14.2 Å². The molecule has 1 amide bonds. The van der Waals surface area contributed by atoms with Gasteiger partial charge in [-0.05, 0) is 39.0 Å². The molecule has 0 aliphatic heterocycles. The molecule has 2 rings (SSSR count). The number of carbonyl (C=O) groups excluding carboxylic acids is 2. The van der Waals surface area contributed by atoms with Crippen molar-refractivity contribution in [3.8, 4) is 5.75 Å². The van der Waals surface area contributed by atoms with E-state index in [-0.39, 0.29) is 6.61 Å². The summed E-state index contributed by atoms with van der Waals surface area (Å²) < 4.78 is 17.4. The summed E-state index contributed by atoms with van der Waals surface area (Å²) in [6.45, 7) is 6.01. The van der Waals surface area contributed by atoms with Gasteiger partial charge in [0.1, 0.15) is 5.75 Å². The number of hydrogen-bond donors (Lipinski definition) is 1. The molecule has 1 aromatic carbocycles. The molecule has 0 saturated heterocycles. The van der Waals surface area contributed by atoms with Crippen molar-refractivity contribution in [2.75, 3.05) is 25.6 Å².